The second-order valence-corrected chi connectivity index (χ2v) is 9.55. The van der Waals surface area contributed by atoms with Crippen molar-refractivity contribution >= 4 is 23.1 Å². The van der Waals surface area contributed by atoms with Crippen molar-refractivity contribution in [1.29, 1.82) is 0 Å². The number of nitrogens with one attached hydrogen (secondary N) is 3. The highest BCUT2D eigenvalue weighted by molar-refractivity contribution is 5.99. The van der Waals surface area contributed by atoms with Crippen LogP contribution < -0.4 is 20.7 Å². The van der Waals surface area contributed by atoms with E-state index in [1.807, 2.05) is 31.5 Å². The highest BCUT2D eigenvalue weighted by atomic mass is 16.5. The zero-order chi connectivity index (χ0) is 25.4. The van der Waals surface area contributed by atoms with Gasteiger partial charge in [0.15, 0.2) is 5.82 Å². The first-order chi connectivity index (χ1) is 18.1. The van der Waals surface area contributed by atoms with Gasteiger partial charge in [-0.05, 0) is 42.8 Å². The minimum Gasteiger partial charge on any atom is -0.488 e. The molecule has 6 rings (SSSR count). The molecule has 3 atom stereocenters. The fraction of sp³-hybridized carbons (Fsp3) is 0.333. The van der Waals surface area contributed by atoms with Crippen molar-refractivity contribution < 1.29 is 14.3 Å². The average molecular weight is 500 g/mol. The van der Waals surface area contributed by atoms with Crippen LogP contribution in [0.25, 0.3) is 16.6 Å². The molecule has 0 aromatic carbocycles. The van der Waals surface area contributed by atoms with Crippen molar-refractivity contribution in [1.82, 2.24) is 30.2 Å². The quantitative estimate of drug-likeness (QED) is 0.371. The maximum Gasteiger partial charge on any atom is 0.254 e. The van der Waals surface area contributed by atoms with Gasteiger partial charge < -0.3 is 25.4 Å². The molecule has 2 saturated heterocycles. The number of fused-ring (bicyclic) bond motifs is 3. The molecule has 4 aromatic rings. The Labute approximate surface area is 214 Å². The molecule has 1 unspecified atom stereocenters. The third-order valence-electron chi connectivity index (χ3n) is 6.80. The minimum atomic E-state index is -0.216. The molecule has 0 radical (unpaired) electrons. The summed E-state index contributed by atoms with van der Waals surface area (Å²) in [5, 5.41) is 14.0. The van der Waals surface area contributed by atoms with Crippen molar-refractivity contribution in [3.05, 3.63) is 66.2 Å². The number of amides is 1. The summed E-state index contributed by atoms with van der Waals surface area (Å²) in [6.07, 6.45) is 7.32. The number of rotatable bonds is 6. The van der Waals surface area contributed by atoms with Crippen LogP contribution in [0.2, 0.25) is 0 Å². The summed E-state index contributed by atoms with van der Waals surface area (Å²) in [7, 11) is 1.59. The van der Waals surface area contributed by atoms with Gasteiger partial charge in [-0.1, -0.05) is 0 Å². The van der Waals surface area contributed by atoms with E-state index in [4.69, 9.17) is 9.47 Å². The van der Waals surface area contributed by atoms with Crippen LogP contribution in [-0.4, -0.2) is 63.9 Å². The van der Waals surface area contributed by atoms with Crippen LogP contribution in [0.4, 0.5) is 11.6 Å². The number of anilines is 2. The fourth-order valence-electron chi connectivity index (χ4n) is 5.09. The largest absolute Gasteiger partial charge is 0.488 e. The van der Waals surface area contributed by atoms with Gasteiger partial charge in [0.05, 0.1) is 30.5 Å². The number of ether oxygens (including phenoxy) is 2. The first-order valence-corrected chi connectivity index (χ1v) is 12.5. The Balaban J connectivity index is 1.28. The second-order valence-electron chi connectivity index (χ2n) is 9.55. The molecule has 0 aliphatic carbocycles. The van der Waals surface area contributed by atoms with Crippen molar-refractivity contribution in [2.24, 2.45) is 0 Å². The molecule has 2 fully saturated rings. The molecule has 2 bridgehead atoms. The lowest BCUT2D eigenvalue weighted by Crippen LogP contribution is -2.56. The average Bonchev–Trinajstić information content (AvgIpc) is 3.31. The van der Waals surface area contributed by atoms with Crippen molar-refractivity contribution in [2.75, 3.05) is 25.6 Å². The van der Waals surface area contributed by atoms with Gasteiger partial charge in [0.25, 0.3) is 5.91 Å². The lowest BCUT2D eigenvalue weighted by atomic mass is 9.94. The summed E-state index contributed by atoms with van der Waals surface area (Å²) in [6, 6.07) is 12.2. The van der Waals surface area contributed by atoms with Crippen molar-refractivity contribution in [3.63, 3.8) is 0 Å². The normalized spacial score (nSPS) is 21.0. The SMILES string of the molecule is CNC(=O)c1cccnc1Nc1cc2cc(-c3cc(C)ncc3OC3C[C@H]4COC[C@@H](C3)N4)ccn2n1. The van der Waals surface area contributed by atoms with Crippen LogP contribution >= 0.6 is 0 Å². The summed E-state index contributed by atoms with van der Waals surface area (Å²) in [4.78, 5) is 21.0. The molecule has 2 aliphatic heterocycles. The summed E-state index contributed by atoms with van der Waals surface area (Å²) in [5.74, 6) is 1.60. The molecule has 6 heterocycles. The van der Waals surface area contributed by atoms with Gasteiger partial charge in [-0.2, -0.15) is 5.10 Å². The highest BCUT2D eigenvalue weighted by Crippen LogP contribution is 2.34. The molecule has 37 heavy (non-hydrogen) atoms. The Kier molecular flexibility index (Phi) is 6.19. The lowest BCUT2D eigenvalue weighted by molar-refractivity contribution is -0.0122. The molecule has 190 valence electrons. The number of carbonyl (C=O) groups is 1. The van der Waals surface area contributed by atoms with E-state index in [1.165, 1.54) is 0 Å². The Morgan fingerprint density at radius 3 is 2.81 bits per heavy atom. The smallest absolute Gasteiger partial charge is 0.254 e. The van der Waals surface area contributed by atoms with E-state index < -0.39 is 0 Å². The summed E-state index contributed by atoms with van der Waals surface area (Å²) in [5.41, 5.74) is 4.28. The molecule has 10 heteroatoms. The van der Waals surface area contributed by atoms with Crippen LogP contribution in [0.1, 0.15) is 28.9 Å². The lowest BCUT2D eigenvalue weighted by Gasteiger charge is -2.40. The summed E-state index contributed by atoms with van der Waals surface area (Å²) < 4.78 is 14.0. The number of aromatic nitrogens is 4. The molecule has 0 saturated carbocycles. The van der Waals surface area contributed by atoms with E-state index in [9.17, 15) is 4.79 Å². The molecule has 10 nitrogen and oxygen atoms in total. The highest BCUT2D eigenvalue weighted by Gasteiger charge is 2.33. The number of hydrogen-bond donors (Lipinski definition) is 3. The van der Waals surface area contributed by atoms with Crippen LogP contribution in [0.3, 0.4) is 0 Å². The van der Waals surface area contributed by atoms with Gasteiger partial charge in [0, 0.05) is 61.7 Å². The van der Waals surface area contributed by atoms with E-state index in [-0.39, 0.29) is 12.0 Å². The number of aryl methyl sites for hydroxylation is 1. The number of morpholine rings is 1. The van der Waals surface area contributed by atoms with E-state index in [0.717, 1.165) is 54.1 Å². The zero-order valence-corrected chi connectivity index (χ0v) is 20.8. The van der Waals surface area contributed by atoms with E-state index in [2.05, 4.69) is 43.1 Å². The summed E-state index contributed by atoms with van der Waals surface area (Å²) >= 11 is 0. The first kappa shape index (κ1) is 23.4. The van der Waals surface area contributed by atoms with Gasteiger partial charge in [0.1, 0.15) is 17.7 Å². The topological polar surface area (TPSA) is 115 Å². The van der Waals surface area contributed by atoms with Gasteiger partial charge >= 0.3 is 0 Å². The maximum absolute atomic E-state index is 12.2. The van der Waals surface area contributed by atoms with Gasteiger partial charge in [-0.3, -0.25) is 9.78 Å². The Hall–Kier alpha value is -4.02. The standard InChI is InChI=1S/C27H29N7O3/c1-16-8-23(24(13-30-16)37-21-10-18-14-36-15-19(11-21)31-18)17-5-7-34-20(9-17)12-25(33-34)32-26-22(27(35)28-2)4-3-6-29-26/h3-9,12-13,18-19,21,31H,10-11,14-15H2,1-2H3,(H,28,35)(H,29,32,33)/t18-,19+,21?. The molecule has 3 N–H and O–H groups in total. The molecule has 4 aromatic heterocycles. The third-order valence-corrected chi connectivity index (χ3v) is 6.80. The fourth-order valence-corrected chi connectivity index (χ4v) is 5.09. The summed E-state index contributed by atoms with van der Waals surface area (Å²) in [6.45, 7) is 3.44. The third kappa shape index (κ3) is 4.85. The number of carbonyl (C=O) groups excluding carboxylic acids is 1. The molecule has 0 spiro atoms. The van der Waals surface area contributed by atoms with E-state index in [1.54, 1.807) is 29.9 Å². The van der Waals surface area contributed by atoms with E-state index >= 15 is 0 Å². The van der Waals surface area contributed by atoms with Gasteiger partial charge in [-0.15, -0.1) is 0 Å². The number of nitrogens with zero attached hydrogens (tertiary/aromatic N) is 4. The van der Waals surface area contributed by atoms with Gasteiger partial charge in [0.2, 0.25) is 0 Å². The van der Waals surface area contributed by atoms with Crippen LogP contribution in [0.15, 0.2) is 55.0 Å². The Morgan fingerprint density at radius 1 is 1.16 bits per heavy atom. The van der Waals surface area contributed by atoms with Crippen LogP contribution in [-0.2, 0) is 4.74 Å². The first-order valence-electron chi connectivity index (χ1n) is 12.5. The second kappa shape index (κ2) is 9.79. The van der Waals surface area contributed by atoms with Crippen LogP contribution in [0, 0.1) is 6.92 Å². The minimum absolute atomic E-state index is 0.116. The van der Waals surface area contributed by atoms with Crippen LogP contribution in [0.5, 0.6) is 5.75 Å². The molecule has 2 aliphatic rings. The zero-order valence-electron chi connectivity index (χ0n) is 20.8. The molecule has 1 amide bonds. The Morgan fingerprint density at radius 2 is 2.00 bits per heavy atom. The van der Waals surface area contributed by atoms with Crippen molar-refractivity contribution in [2.45, 2.75) is 38.0 Å². The molecular weight excluding hydrogens is 470 g/mol. The number of pyridine rings is 3. The molecular formula is C27H29N7O3. The monoisotopic (exact) mass is 499 g/mol. The number of hydrogen-bond acceptors (Lipinski definition) is 8. The predicted octanol–water partition coefficient (Wildman–Crippen LogP) is 3.10. The Bertz CT molecular complexity index is 1440. The number of piperidine rings is 1. The van der Waals surface area contributed by atoms with E-state index in [0.29, 0.717) is 29.3 Å². The van der Waals surface area contributed by atoms with Gasteiger partial charge in [-0.25, -0.2) is 9.50 Å². The van der Waals surface area contributed by atoms with Crippen molar-refractivity contribution in [3.8, 4) is 16.9 Å². The maximum atomic E-state index is 12.2. The predicted molar refractivity (Wildman–Crippen MR) is 139 cm³/mol.